The number of halogens is 2. The summed E-state index contributed by atoms with van der Waals surface area (Å²) in [7, 11) is 0. The number of carboxylic acid groups (broad SMARTS) is 1. The first-order chi connectivity index (χ1) is 15.0. The summed E-state index contributed by atoms with van der Waals surface area (Å²) in [6.07, 6.45) is -6.30. The van der Waals surface area contributed by atoms with E-state index < -0.39 is 61.1 Å². The van der Waals surface area contributed by atoms with Gasteiger partial charge in [0, 0.05) is 24.0 Å². The molecule has 2 heterocycles. The molecule has 1 aromatic carbocycles. The Balaban J connectivity index is 2.05. The molecule has 0 bridgehead atoms. The van der Waals surface area contributed by atoms with E-state index in [1.165, 1.54) is 6.20 Å². The van der Waals surface area contributed by atoms with Crippen LogP contribution in [0.2, 0.25) is 5.02 Å². The van der Waals surface area contributed by atoms with Crippen LogP contribution in [0.15, 0.2) is 22.8 Å². The highest BCUT2D eigenvalue weighted by atomic mass is 79.9. The molecule has 6 N–H and O–H groups in total. The highest BCUT2D eigenvalue weighted by Gasteiger charge is 2.53. The van der Waals surface area contributed by atoms with Crippen LogP contribution in [0.1, 0.15) is 13.3 Å². The number of aliphatic hydroxyl groups excluding tert-OH is 4. The van der Waals surface area contributed by atoms with E-state index in [2.05, 4.69) is 26.2 Å². The number of benzene rings is 1. The zero-order valence-corrected chi connectivity index (χ0v) is 19.0. The molecule has 176 valence electrons. The lowest BCUT2D eigenvalue weighted by molar-refractivity contribution is -0.367. The first-order valence-electron chi connectivity index (χ1n) is 9.46. The van der Waals surface area contributed by atoms with Gasteiger partial charge in [0.2, 0.25) is 5.91 Å². The zero-order valence-electron chi connectivity index (χ0n) is 16.6. The van der Waals surface area contributed by atoms with Crippen LogP contribution in [0.3, 0.4) is 0 Å². The Bertz CT molecular complexity index is 1020. The average Bonchev–Trinajstić information content (AvgIpc) is 3.14. The molecular weight excluding hydrogens is 516 g/mol. The van der Waals surface area contributed by atoms with Crippen molar-refractivity contribution in [3.8, 4) is 5.75 Å². The number of carboxylic acids is 1. The molecule has 0 spiro atoms. The normalized spacial score (nSPS) is 27.7. The molecule has 1 unspecified atom stereocenters. The van der Waals surface area contributed by atoms with Crippen molar-refractivity contribution in [1.29, 1.82) is 0 Å². The highest BCUT2D eigenvalue weighted by Crippen LogP contribution is 2.41. The molecule has 1 aromatic heterocycles. The molecule has 0 aliphatic carbocycles. The molecule has 6 atom stereocenters. The number of hydrogen-bond acceptors (Lipinski definition) is 9. The largest absolute Gasteiger partial charge is 0.543 e. The number of aliphatic carboxylic acids is 1. The summed E-state index contributed by atoms with van der Waals surface area (Å²) in [5, 5.41) is 55.2. The molecule has 0 radical (unpaired) electrons. The molecule has 1 amide bonds. The lowest BCUT2D eigenvalue weighted by atomic mass is 9.88. The standard InChI is InChI=1S/C19H22BrClN2O9/c1-7(25)23-15-10(26)4-19(18(29)30,32-17(15)16(28)11(27)6-24)31-12-5-22-9-3-2-8(20)14(21)13(9)12/h2-3,5,10-11,15-17,22,24,26-28H,4,6H2,1H3,(H,23,25)(H,29,30)/p-1/t10-,11+,15+,16+,17?,19+/m0/s1. The number of amides is 1. The number of H-pyrrole nitrogens is 1. The molecule has 32 heavy (non-hydrogen) atoms. The SMILES string of the molecule is CC(=O)N[C@H]1C([C@H](O)[C@H](O)CO)O[C@@](Oc2c[nH]c3ccc(Br)c(Cl)c23)(C(=O)[O-])C[C@@H]1O. The number of aliphatic hydroxyl groups is 4. The van der Waals surface area contributed by atoms with Crippen LogP contribution in [0, 0.1) is 0 Å². The molecule has 11 nitrogen and oxygen atoms in total. The van der Waals surface area contributed by atoms with Gasteiger partial charge in [-0.3, -0.25) is 4.79 Å². The molecular formula is C19H21BrClN2O9-. The minimum atomic E-state index is -2.63. The van der Waals surface area contributed by atoms with Crippen molar-refractivity contribution >= 4 is 50.3 Å². The van der Waals surface area contributed by atoms with E-state index in [0.717, 1.165) is 6.92 Å². The number of aromatic nitrogens is 1. The minimum Gasteiger partial charge on any atom is -0.543 e. The van der Waals surface area contributed by atoms with Crippen molar-refractivity contribution in [1.82, 2.24) is 10.3 Å². The van der Waals surface area contributed by atoms with Crippen molar-refractivity contribution in [2.24, 2.45) is 0 Å². The molecule has 0 saturated carbocycles. The van der Waals surface area contributed by atoms with Crippen LogP contribution in [0.4, 0.5) is 0 Å². The van der Waals surface area contributed by atoms with Crippen LogP contribution >= 0.6 is 27.5 Å². The van der Waals surface area contributed by atoms with Crippen LogP contribution in [-0.2, 0) is 14.3 Å². The fraction of sp³-hybridized carbons (Fsp3) is 0.474. The van der Waals surface area contributed by atoms with Gasteiger partial charge in [0.05, 0.1) is 34.7 Å². The summed E-state index contributed by atoms with van der Waals surface area (Å²) in [4.78, 5) is 26.6. The second kappa shape index (κ2) is 9.51. The smallest absolute Gasteiger partial charge is 0.254 e. The van der Waals surface area contributed by atoms with E-state index >= 15 is 0 Å². The Morgan fingerprint density at radius 1 is 1.47 bits per heavy atom. The zero-order chi connectivity index (χ0) is 23.8. The number of aromatic amines is 1. The van der Waals surface area contributed by atoms with Crippen molar-refractivity contribution in [2.75, 3.05) is 6.61 Å². The number of rotatable bonds is 7. The Kier molecular flexibility index (Phi) is 7.34. The van der Waals surface area contributed by atoms with E-state index in [0.29, 0.717) is 15.4 Å². The lowest BCUT2D eigenvalue weighted by Gasteiger charge is -2.48. The number of carbonyl (C=O) groups is 2. The highest BCUT2D eigenvalue weighted by molar-refractivity contribution is 9.10. The number of carbonyl (C=O) groups excluding carboxylic acids is 2. The third-order valence-corrected chi connectivity index (χ3v) is 6.43. The summed E-state index contributed by atoms with van der Waals surface area (Å²) in [6, 6.07) is 2.01. The Labute approximate surface area is 195 Å². The van der Waals surface area contributed by atoms with Gasteiger partial charge in [-0.2, -0.15) is 0 Å². The average molecular weight is 537 g/mol. The van der Waals surface area contributed by atoms with E-state index in [-0.39, 0.29) is 10.8 Å². The third kappa shape index (κ3) is 4.57. The van der Waals surface area contributed by atoms with Gasteiger partial charge in [0.15, 0.2) is 0 Å². The van der Waals surface area contributed by atoms with Gasteiger partial charge in [-0.15, -0.1) is 0 Å². The quantitative estimate of drug-likeness (QED) is 0.252. The summed E-state index contributed by atoms with van der Waals surface area (Å²) in [5.74, 6) is -5.16. The fourth-order valence-corrected chi connectivity index (χ4v) is 4.20. The predicted octanol–water partition coefficient (Wildman–Crippen LogP) is -1.22. The van der Waals surface area contributed by atoms with Gasteiger partial charge in [-0.25, -0.2) is 0 Å². The van der Waals surface area contributed by atoms with Gasteiger partial charge in [0.25, 0.3) is 5.79 Å². The van der Waals surface area contributed by atoms with Crippen molar-refractivity contribution in [3.63, 3.8) is 0 Å². The predicted molar refractivity (Wildman–Crippen MR) is 112 cm³/mol. The monoisotopic (exact) mass is 535 g/mol. The Morgan fingerprint density at radius 3 is 2.75 bits per heavy atom. The maximum Gasteiger partial charge on any atom is 0.254 e. The van der Waals surface area contributed by atoms with E-state index in [1.807, 2.05) is 0 Å². The summed E-state index contributed by atoms with van der Waals surface area (Å²) in [5.41, 5.74) is 0.515. The van der Waals surface area contributed by atoms with E-state index in [1.54, 1.807) is 12.1 Å². The first-order valence-corrected chi connectivity index (χ1v) is 10.6. The van der Waals surface area contributed by atoms with Gasteiger partial charge in [-0.05, 0) is 28.1 Å². The molecule has 1 fully saturated rings. The van der Waals surface area contributed by atoms with Crippen LogP contribution in [0.5, 0.6) is 5.75 Å². The van der Waals surface area contributed by atoms with Gasteiger partial charge in [0.1, 0.15) is 30.0 Å². The number of fused-ring (bicyclic) bond motifs is 1. The van der Waals surface area contributed by atoms with E-state index in [4.69, 9.17) is 21.1 Å². The second-order valence-electron chi connectivity index (χ2n) is 7.40. The topological polar surface area (TPSA) is 184 Å². The van der Waals surface area contributed by atoms with Crippen molar-refractivity contribution in [3.05, 3.63) is 27.8 Å². The number of nitrogens with one attached hydrogen (secondary N) is 2. The molecule has 2 aromatic rings. The molecule has 13 heteroatoms. The molecule has 1 saturated heterocycles. The minimum absolute atomic E-state index is 0.0448. The third-order valence-electron chi connectivity index (χ3n) is 5.15. The fourth-order valence-electron chi connectivity index (χ4n) is 3.61. The van der Waals surface area contributed by atoms with Gasteiger partial charge < -0.3 is 50.1 Å². The van der Waals surface area contributed by atoms with Gasteiger partial charge >= 0.3 is 0 Å². The molecule has 1 aliphatic rings. The van der Waals surface area contributed by atoms with Crippen LogP contribution < -0.4 is 15.2 Å². The number of ether oxygens (including phenoxy) is 2. The van der Waals surface area contributed by atoms with Crippen molar-refractivity contribution < 1.29 is 44.6 Å². The van der Waals surface area contributed by atoms with Crippen LogP contribution in [-0.4, -0.2) is 80.1 Å². The Hall–Kier alpha value is -1.93. The van der Waals surface area contributed by atoms with E-state index in [9.17, 15) is 35.1 Å². The summed E-state index contributed by atoms with van der Waals surface area (Å²) >= 11 is 9.58. The van der Waals surface area contributed by atoms with Crippen molar-refractivity contribution in [2.45, 2.75) is 49.6 Å². The van der Waals surface area contributed by atoms with Crippen LogP contribution in [0.25, 0.3) is 10.9 Å². The summed E-state index contributed by atoms with van der Waals surface area (Å²) < 4.78 is 11.7. The molecule has 3 rings (SSSR count). The lowest BCUT2D eigenvalue weighted by Crippen LogP contribution is -2.70. The second-order valence-corrected chi connectivity index (χ2v) is 8.63. The first kappa shape index (κ1) is 24.7. The van der Waals surface area contributed by atoms with Gasteiger partial charge in [-0.1, -0.05) is 11.6 Å². The summed E-state index contributed by atoms with van der Waals surface area (Å²) in [6.45, 7) is 0.247. The molecule has 1 aliphatic heterocycles. The maximum absolute atomic E-state index is 12.2. The Morgan fingerprint density at radius 2 is 2.16 bits per heavy atom. The maximum atomic E-state index is 12.2. The number of hydrogen-bond donors (Lipinski definition) is 6.